The van der Waals surface area contributed by atoms with E-state index in [-0.39, 0.29) is 23.0 Å². The van der Waals surface area contributed by atoms with E-state index in [2.05, 4.69) is 24.9 Å². The van der Waals surface area contributed by atoms with Crippen molar-refractivity contribution in [2.75, 3.05) is 36.5 Å². The molecule has 2 aromatic heterocycles. The van der Waals surface area contributed by atoms with Crippen LogP contribution >= 0.6 is 11.3 Å². The first-order chi connectivity index (χ1) is 18.0. The number of sulfone groups is 1. The molecule has 2 aromatic carbocycles. The molecule has 9 nitrogen and oxygen atoms in total. The highest BCUT2D eigenvalue weighted by molar-refractivity contribution is 7.91. The Labute approximate surface area is 220 Å². The summed E-state index contributed by atoms with van der Waals surface area (Å²) in [5.74, 6) is 0.468. The molecule has 5 rings (SSSR count). The van der Waals surface area contributed by atoms with Crippen LogP contribution < -0.4 is 10.1 Å². The number of anilines is 2. The minimum absolute atomic E-state index is 0.0141. The third kappa shape index (κ3) is 6.08. The van der Waals surface area contributed by atoms with Crippen LogP contribution in [0.25, 0.3) is 21.3 Å². The van der Waals surface area contributed by atoms with E-state index in [1.165, 1.54) is 29.5 Å². The fraction of sp³-hybridized carbons (Fsp3) is 0.375. The number of carbonyl (C=O) groups excluding carboxylic acids is 1. The minimum Gasteiger partial charge on any atom is -0.406 e. The third-order valence-corrected chi connectivity index (χ3v) is 8.87. The summed E-state index contributed by atoms with van der Waals surface area (Å²) in [6.45, 7) is 1.68. The molecule has 0 atom stereocenters. The molecular formula is C24H24F3N5O4S2. The van der Waals surface area contributed by atoms with E-state index < -0.39 is 16.2 Å². The molecule has 4 aromatic rings. The zero-order chi connectivity index (χ0) is 27.1. The number of fused-ring (bicyclic) bond motifs is 2. The lowest BCUT2D eigenvalue weighted by Gasteiger charge is -2.26. The summed E-state index contributed by atoms with van der Waals surface area (Å²) in [5.41, 5.74) is 2.47. The summed E-state index contributed by atoms with van der Waals surface area (Å²) in [6.07, 6.45) is -3.79. The van der Waals surface area contributed by atoms with Gasteiger partial charge in [-0.2, -0.15) is 0 Å². The van der Waals surface area contributed by atoms with E-state index in [0.29, 0.717) is 64.9 Å². The fourth-order valence-electron chi connectivity index (χ4n) is 4.32. The monoisotopic (exact) mass is 567 g/mol. The van der Waals surface area contributed by atoms with Gasteiger partial charge in [0.25, 0.3) is 0 Å². The Bertz CT molecular complexity index is 1600. The zero-order valence-electron chi connectivity index (χ0n) is 20.3. The van der Waals surface area contributed by atoms with E-state index in [9.17, 15) is 26.4 Å². The second-order valence-electron chi connectivity index (χ2n) is 9.04. The molecule has 14 heteroatoms. The van der Waals surface area contributed by atoms with Crippen LogP contribution in [0.15, 0.2) is 36.4 Å². The zero-order valence-corrected chi connectivity index (χ0v) is 21.9. The molecular weight excluding hydrogens is 543 g/mol. The van der Waals surface area contributed by atoms with Gasteiger partial charge in [-0.3, -0.25) is 4.79 Å². The van der Waals surface area contributed by atoms with Gasteiger partial charge in [-0.15, -0.1) is 13.2 Å². The first-order valence-corrected chi connectivity index (χ1v) is 14.5. The number of Topliss-reactive ketones (excluding diaryl/α,β-unsaturated/α-hetero) is 1. The van der Waals surface area contributed by atoms with Crippen molar-refractivity contribution < 1.29 is 31.1 Å². The molecule has 0 spiro atoms. The summed E-state index contributed by atoms with van der Waals surface area (Å²) >= 11 is 1.17. The Balaban J connectivity index is 1.25. The standard InChI is InChI=1S/C24H24F3N5O4S2/c1-31-19-7-4-15(20(33)3-2-8-32-9-11-38(34,35)12-10-32)13-18(19)28-22(31)30-23-29-17-6-5-16(14-21(17)37-23)36-24(25,26)27/h4-7,13-14H,2-3,8-12H2,1H3,(H,28,29,30). The maximum Gasteiger partial charge on any atom is 0.573 e. The van der Waals surface area contributed by atoms with Gasteiger partial charge in [0.15, 0.2) is 20.8 Å². The summed E-state index contributed by atoms with van der Waals surface area (Å²) in [5, 5.41) is 3.56. The van der Waals surface area contributed by atoms with Crippen molar-refractivity contribution in [3.8, 4) is 5.75 Å². The van der Waals surface area contributed by atoms with Crippen molar-refractivity contribution in [3.05, 3.63) is 42.0 Å². The summed E-state index contributed by atoms with van der Waals surface area (Å²) in [4.78, 5) is 23.8. The number of benzene rings is 2. The molecule has 1 aliphatic heterocycles. The number of hydrogen-bond donors (Lipinski definition) is 1. The van der Waals surface area contributed by atoms with Crippen molar-refractivity contribution in [1.82, 2.24) is 19.4 Å². The van der Waals surface area contributed by atoms with Gasteiger partial charge in [0.05, 0.1) is 32.8 Å². The lowest BCUT2D eigenvalue weighted by Crippen LogP contribution is -2.40. The second kappa shape index (κ2) is 10.2. The quantitative estimate of drug-likeness (QED) is 0.310. The number of nitrogens with zero attached hydrogens (tertiary/aromatic N) is 4. The number of aromatic nitrogens is 3. The number of imidazole rings is 1. The van der Waals surface area contributed by atoms with Gasteiger partial charge in [0, 0.05) is 38.2 Å². The average molecular weight is 568 g/mol. The molecule has 1 N–H and O–H groups in total. The van der Waals surface area contributed by atoms with Crippen LogP contribution in [-0.4, -0.2) is 71.1 Å². The van der Waals surface area contributed by atoms with Crippen LogP contribution in [0.2, 0.25) is 0 Å². The third-order valence-electron chi connectivity index (χ3n) is 6.33. The number of halogens is 3. The van der Waals surface area contributed by atoms with Crippen LogP contribution in [0, 0.1) is 0 Å². The summed E-state index contributed by atoms with van der Waals surface area (Å²) in [7, 11) is -1.12. The van der Waals surface area contributed by atoms with Gasteiger partial charge in [0.1, 0.15) is 5.75 Å². The molecule has 0 amide bonds. The fourth-order valence-corrected chi connectivity index (χ4v) is 6.48. The van der Waals surface area contributed by atoms with E-state index in [1.54, 1.807) is 23.7 Å². The highest BCUT2D eigenvalue weighted by atomic mass is 32.2. The molecule has 0 bridgehead atoms. The molecule has 1 aliphatic rings. The maximum absolute atomic E-state index is 12.8. The van der Waals surface area contributed by atoms with Crippen molar-refractivity contribution in [2.45, 2.75) is 19.2 Å². The largest absolute Gasteiger partial charge is 0.573 e. The van der Waals surface area contributed by atoms with Gasteiger partial charge < -0.3 is 19.5 Å². The number of carbonyl (C=O) groups is 1. The van der Waals surface area contributed by atoms with Crippen molar-refractivity contribution >= 4 is 59.3 Å². The summed E-state index contributed by atoms with van der Waals surface area (Å²) < 4.78 is 67.0. The lowest BCUT2D eigenvalue weighted by atomic mass is 10.1. The van der Waals surface area contributed by atoms with E-state index in [4.69, 9.17) is 0 Å². The van der Waals surface area contributed by atoms with Crippen LogP contribution in [0.5, 0.6) is 5.75 Å². The Morgan fingerprint density at radius 2 is 1.87 bits per heavy atom. The lowest BCUT2D eigenvalue weighted by molar-refractivity contribution is -0.274. The molecule has 0 aliphatic carbocycles. The normalized spacial score (nSPS) is 16.2. The molecule has 3 heterocycles. The van der Waals surface area contributed by atoms with Crippen LogP contribution in [0.1, 0.15) is 23.2 Å². The molecule has 1 saturated heterocycles. The molecule has 1 fully saturated rings. The van der Waals surface area contributed by atoms with E-state index >= 15 is 0 Å². The van der Waals surface area contributed by atoms with Crippen molar-refractivity contribution in [3.63, 3.8) is 0 Å². The Hall–Kier alpha value is -3.23. The summed E-state index contributed by atoms with van der Waals surface area (Å²) in [6, 6.07) is 9.25. The van der Waals surface area contributed by atoms with Crippen LogP contribution in [0.4, 0.5) is 24.3 Å². The first kappa shape index (κ1) is 26.4. The topological polar surface area (TPSA) is 106 Å². The minimum atomic E-state index is -4.77. The molecule has 38 heavy (non-hydrogen) atoms. The van der Waals surface area contributed by atoms with E-state index in [0.717, 1.165) is 5.52 Å². The van der Waals surface area contributed by atoms with Gasteiger partial charge in [-0.1, -0.05) is 11.3 Å². The van der Waals surface area contributed by atoms with Gasteiger partial charge in [-0.25, -0.2) is 18.4 Å². The second-order valence-corrected chi connectivity index (χ2v) is 12.4. The molecule has 0 saturated carbocycles. The highest BCUT2D eigenvalue weighted by Crippen LogP contribution is 2.33. The van der Waals surface area contributed by atoms with Gasteiger partial charge in [0.2, 0.25) is 5.95 Å². The Morgan fingerprint density at radius 1 is 1.11 bits per heavy atom. The Kier molecular flexibility index (Phi) is 7.05. The number of thiazole rings is 1. The van der Waals surface area contributed by atoms with Crippen molar-refractivity contribution in [2.24, 2.45) is 7.05 Å². The number of rotatable bonds is 8. The SMILES string of the molecule is Cn1c(Nc2nc3ccc(OC(F)(F)F)cc3s2)nc2cc(C(=O)CCCN3CCS(=O)(=O)CC3)ccc21. The number of ether oxygens (including phenoxy) is 1. The average Bonchev–Trinajstić information content (AvgIpc) is 3.38. The number of aryl methyl sites for hydroxylation is 1. The van der Waals surface area contributed by atoms with Crippen LogP contribution in [-0.2, 0) is 16.9 Å². The van der Waals surface area contributed by atoms with Crippen LogP contribution in [0.3, 0.4) is 0 Å². The highest BCUT2D eigenvalue weighted by Gasteiger charge is 2.31. The molecule has 0 unspecified atom stereocenters. The maximum atomic E-state index is 12.8. The molecule has 202 valence electrons. The molecule has 0 radical (unpaired) electrons. The van der Waals surface area contributed by atoms with E-state index in [1.807, 2.05) is 6.07 Å². The smallest absolute Gasteiger partial charge is 0.406 e. The number of nitrogens with one attached hydrogen (secondary N) is 1. The van der Waals surface area contributed by atoms with Gasteiger partial charge in [-0.05, 0) is 43.3 Å². The first-order valence-electron chi connectivity index (χ1n) is 11.8. The Morgan fingerprint density at radius 3 is 2.61 bits per heavy atom. The number of ketones is 1. The predicted octanol–water partition coefficient (Wildman–Crippen LogP) is 4.52. The number of alkyl halides is 3. The van der Waals surface area contributed by atoms with Crippen molar-refractivity contribution in [1.29, 1.82) is 0 Å². The van der Waals surface area contributed by atoms with Gasteiger partial charge >= 0.3 is 6.36 Å². The number of hydrogen-bond acceptors (Lipinski definition) is 9. The predicted molar refractivity (Wildman–Crippen MR) is 139 cm³/mol.